The van der Waals surface area contributed by atoms with Crippen LogP contribution in [0.2, 0.25) is 0 Å². The van der Waals surface area contributed by atoms with Crippen molar-refractivity contribution in [3.63, 3.8) is 0 Å². The summed E-state index contributed by atoms with van der Waals surface area (Å²) in [7, 11) is 0. The van der Waals surface area contributed by atoms with Gasteiger partial charge in [-0.05, 0) is 28.1 Å². The fourth-order valence-electron chi connectivity index (χ4n) is 1.44. The van der Waals surface area contributed by atoms with E-state index in [0.717, 1.165) is 6.07 Å². The van der Waals surface area contributed by atoms with Crippen molar-refractivity contribution >= 4 is 15.9 Å². The van der Waals surface area contributed by atoms with Crippen LogP contribution in [0.15, 0.2) is 41.3 Å². The molecule has 1 aromatic carbocycles. The van der Waals surface area contributed by atoms with Gasteiger partial charge < -0.3 is 0 Å². The first-order valence-corrected chi connectivity index (χ1v) is 5.43. The number of alkyl halides is 3. The number of hydrogen-bond acceptors (Lipinski definition) is 2. The first kappa shape index (κ1) is 12.0. The van der Waals surface area contributed by atoms with E-state index < -0.39 is 11.7 Å². The van der Waals surface area contributed by atoms with Gasteiger partial charge >= 0.3 is 6.18 Å². The summed E-state index contributed by atoms with van der Waals surface area (Å²) < 4.78 is 38.6. The second-order valence-electron chi connectivity index (χ2n) is 3.25. The Hall–Kier alpha value is -1.43. The molecular weight excluding hydrogens is 297 g/mol. The molecule has 6 heteroatoms. The quantitative estimate of drug-likeness (QED) is 0.746. The molecule has 0 amide bonds. The molecule has 1 aromatic heterocycles. The van der Waals surface area contributed by atoms with Crippen molar-refractivity contribution in [1.29, 1.82) is 0 Å². The van der Waals surface area contributed by atoms with E-state index in [1.807, 2.05) is 0 Å². The molecule has 0 atom stereocenters. The second kappa shape index (κ2) is 4.44. The summed E-state index contributed by atoms with van der Waals surface area (Å²) in [5.74, 6) is 0. The summed E-state index contributed by atoms with van der Waals surface area (Å²) in [4.78, 5) is 7.70. The van der Waals surface area contributed by atoms with Gasteiger partial charge in [0.15, 0.2) is 4.73 Å². The number of hydrogen-bond donors (Lipinski definition) is 0. The van der Waals surface area contributed by atoms with E-state index in [-0.39, 0.29) is 16.0 Å². The Kier molecular flexibility index (Phi) is 3.15. The third kappa shape index (κ3) is 2.63. The third-order valence-corrected chi connectivity index (χ3v) is 2.52. The first-order chi connectivity index (χ1) is 7.98. The smallest absolute Gasteiger partial charge is 0.231 e. The summed E-state index contributed by atoms with van der Waals surface area (Å²) in [6, 6.07) is 6.75. The van der Waals surface area contributed by atoms with Crippen LogP contribution in [0.4, 0.5) is 13.2 Å². The van der Waals surface area contributed by atoms with Gasteiger partial charge in [0, 0.05) is 11.8 Å². The maximum Gasteiger partial charge on any atom is 0.417 e. The molecule has 0 aliphatic heterocycles. The molecule has 0 unspecified atom stereocenters. The monoisotopic (exact) mass is 302 g/mol. The summed E-state index contributed by atoms with van der Waals surface area (Å²) in [6.45, 7) is 0. The minimum atomic E-state index is -4.39. The van der Waals surface area contributed by atoms with Crippen LogP contribution < -0.4 is 0 Å². The van der Waals surface area contributed by atoms with Crippen molar-refractivity contribution in [3.05, 3.63) is 46.8 Å². The van der Waals surface area contributed by atoms with Crippen LogP contribution in [-0.4, -0.2) is 9.97 Å². The zero-order valence-corrected chi connectivity index (χ0v) is 9.96. The molecule has 0 fully saturated rings. The minimum Gasteiger partial charge on any atom is -0.231 e. The average molecular weight is 303 g/mol. The van der Waals surface area contributed by atoms with Crippen LogP contribution in [0.1, 0.15) is 5.56 Å². The van der Waals surface area contributed by atoms with Gasteiger partial charge in [0.25, 0.3) is 0 Å². The van der Waals surface area contributed by atoms with Crippen molar-refractivity contribution in [1.82, 2.24) is 9.97 Å². The number of rotatable bonds is 1. The van der Waals surface area contributed by atoms with Crippen molar-refractivity contribution < 1.29 is 13.2 Å². The molecule has 0 radical (unpaired) electrons. The molecule has 0 aliphatic rings. The molecule has 2 nitrogen and oxygen atoms in total. The molecule has 0 saturated carbocycles. The fraction of sp³-hybridized carbons (Fsp3) is 0.0909. The van der Waals surface area contributed by atoms with E-state index in [1.54, 1.807) is 6.07 Å². The largest absolute Gasteiger partial charge is 0.417 e. The van der Waals surface area contributed by atoms with Crippen molar-refractivity contribution in [2.75, 3.05) is 0 Å². The van der Waals surface area contributed by atoms with Gasteiger partial charge in [-0.1, -0.05) is 18.2 Å². The number of aromatic nitrogens is 2. The van der Waals surface area contributed by atoms with Gasteiger partial charge in [0.2, 0.25) is 0 Å². The highest BCUT2D eigenvalue weighted by molar-refractivity contribution is 9.10. The summed E-state index contributed by atoms with van der Waals surface area (Å²) >= 11 is 3.03. The van der Waals surface area contributed by atoms with Crippen molar-refractivity contribution in [3.8, 4) is 11.3 Å². The third-order valence-electron chi connectivity index (χ3n) is 2.13. The SMILES string of the molecule is FC(F)(F)c1ccccc1-c1ccnc(Br)n1. The fourth-order valence-corrected chi connectivity index (χ4v) is 1.75. The maximum absolute atomic E-state index is 12.8. The predicted molar refractivity (Wildman–Crippen MR) is 60.2 cm³/mol. The standard InChI is InChI=1S/C11H6BrF3N2/c12-10-16-6-5-9(17-10)7-3-1-2-4-8(7)11(13,14)15/h1-6H. The van der Waals surface area contributed by atoms with E-state index in [4.69, 9.17) is 0 Å². The Morgan fingerprint density at radius 3 is 2.41 bits per heavy atom. The molecule has 0 spiro atoms. The van der Waals surface area contributed by atoms with Crippen molar-refractivity contribution in [2.45, 2.75) is 6.18 Å². The highest BCUT2D eigenvalue weighted by Crippen LogP contribution is 2.36. The van der Waals surface area contributed by atoms with Gasteiger partial charge in [-0.2, -0.15) is 13.2 Å². The van der Waals surface area contributed by atoms with E-state index in [2.05, 4.69) is 25.9 Å². The van der Waals surface area contributed by atoms with Crippen LogP contribution in [0.3, 0.4) is 0 Å². The molecule has 2 rings (SSSR count). The van der Waals surface area contributed by atoms with Gasteiger partial charge in [-0.3, -0.25) is 0 Å². The van der Waals surface area contributed by atoms with E-state index in [0.29, 0.717) is 0 Å². The molecule has 0 bridgehead atoms. The number of benzene rings is 1. The lowest BCUT2D eigenvalue weighted by molar-refractivity contribution is -0.137. The summed E-state index contributed by atoms with van der Waals surface area (Å²) in [5, 5.41) is 0. The predicted octanol–water partition coefficient (Wildman–Crippen LogP) is 3.92. The summed E-state index contributed by atoms with van der Waals surface area (Å²) in [5.41, 5.74) is -0.423. The molecule has 2 aromatic rings. The number of nitrogens with zero attached hydrogens (tertiary/aromatic N) is 2. The zero-order valence-electron chi connectivity index (χ0n) is 8.37. The molecular formula is C11H6BrF3N2. The Morgan fingerprint density at radius 2 is 1.76 bits per heavy atom. The Balaban J connectivity index is 2.60. The van der Waals surface area contributed by atoms with Crippen LogP contribution in [0, 0.1) is 0 Å². The molecule has 88 valence electrons. The highest BCUT2D eigenvalue weighted by atomic mass is 79.9. The molecule has 0 saturated heterocycles. The average Bonchev–Trinajstić information content (AvgIpc) is 2.28. The molecule has 1 heterocycles. The van der Waals surface area contributed by atoms with Gasteiger partial charge in [-0.25, -0.2) is 9.97 Å². The van der Waals surface area contributed by atoms with Crippen LogP contribution in [0.25, 0.3) is 11.3 Å². The maximum atomic E-state index is 12.8. The van der Waals surface area contributed by atoms with E-state index >= 15 is 0 Å². The Morgan fingerprint density at radius 1 is 1.06 bits per heavy atom. The summed E-state index contributed by atoms with van der Waals surface area (Å²) in [6.07, 6.45) is -2.99. The van der Waals surface area contributed by atoms with Gasteiger partial charge in [-0.15, -0.1) is 0 Å². The van der Waals surface area contributed by atoms with Gasteiger partial charge in [0.1, 0.15) is 0 Å². The van der Waals surface area contributed by atoms with Crippen LogP contribution in [0.5, 0.6) is 0 Å². The van der Waals surface area contributed by atoms with E-state index in [1.165, 1.54) is 24.4 Å². The van der Waals surface area contributed by atoms with Gasteiger partial charge in [0.05, 0.1) is 11.3 Å². The lowest BCUT2D eigenvalue weighted by atomic mass is 10.0. The lowest BCUT2D eigenvalue weighted by Crippen LogP contribution is -2.07. The molecule has 17 heavy (non-hydrogen) atoms. The molecule has 0 N–H and O–H groups in total. The van der Waals surface area contributed by atoms with Crippen molar-refractivity contribution in [2.24, 2.45) is 0 Å². The normalized spacial score (nSPS) is 11.5. The number of halogens is 4. The van der Waals surface area contributed by atoms with Crippen LogP contribution in [-0.2, 0) is 6.18 Å². The minimum absolute atomic E-state index is 0.0445. The van der Waals surface area contributed by atoms with Crippen LogP contribution >= 0.6 is 15.9 Å². The Bertz CT molecular complexity index is 540. The first-order valence-electron chi connectivity index (χ1n) is 4.63. The zero-order chi connectivity index (χ0) is 12.5. The topological polar surface area (TPSA) is 25.8 Å². The van der Waals surface area contributed by atoms with E-state index in [9.17, 15) is 13.2 Å². The molecule has 0 aliphatic carbocycles. The lowest BCUT2D eigenvalue weighted by Gasteiger charge is -2.11. The second-order valence-corrected chi connectivity index (χ2v) is 3.96. The Labute approximate surface area is 104 Å². The highest BCUT2D eigenvalue weighted by Gasteiger charge is 2.33.